The number of Topliss-reactive ketones (excluding diaryl/α,β-unsaturated/α-hetero) is 1. The summed E-state index contributed by atoms with van der Waals surface area (Å²) >= 11 is 6.66. The zero-order valence-electron chi connectivity index (χ0n) is 18.1. The third kappa shape index (κ3) is 2.19. The second-order valence-electron chi connectivity index (χ2n) is 10.7. The molecule has 170 valence electrons. The van der Waals surface area contributed by atoms with Gasteiger partial charge in [-0.1, -0.05) is 13.8 Å². The quantitative estimate of drug-likeness (QED) is 0.463. The van der Waals surface area contributed by atoms with Crippen molar-refractivity contribution in [3.8, 4) is 0 Å². The number of hydrogen-bond donors (Lipinski definition) is 0. The minimum Gasteiger partial charge on any atom is -0.462 e. The maximum absolute atomic E-state index is 15.4. The van der Waals surface area contributed by atoms with Gasteiger partial charge in [-0.05, 0) is 55.9 Å². The van der Waals surface area contributed by atoms with Crippen LogP contribution in [0, 0.1) is 34.5 Å². The highest BCUT2D eigenvalue weighted by Crippen LogP contribution is 2.82. The Balaban J connectivity index is 1.64. The van der Waals surface area contributed by atoms with Crippen molar-refractivity contribution >= 4 is 29.3 Å². The van der Waals surface area contributed by atoms with Crippen LogP contribution in [-0.2, 0) is 23.9 Å². The molecular formula is C23H27ClF2O5. The van der Waals surface area contributed by atoms with E-state index in [1.54, 1.807) is 0 Å². The van der Waals surface area contributed by atoms with E-state index in [1.165, 1.54) is 19.9 Å². The van der Waals surface area contributed by atoms with Gasteiger partial charge in [-0.25, -0.2) is 13.6 Å². The number of carbonyl (C=O) groups excluding carboxylic acids is 3. The average molecular weight is 457 g/mol. The molecule has 1 aliphatic heterocycles. The summed E-state index contributed by atoms with van der Waals surface area (Å²) in [5, 5.41) is 0. The van der Waals surface area contributed by atoms with Crippen molar-refractivity contribution < 1.29 is 32.6 Å². The van der Waals surface area contributed by atoms with Crippen molar-refractivity contribution in [2.45, 2.75) is 69.8 Å². The molecule has 8 atom stereocenters. The van der Waals surface area contributed by atoms with Gasteiger partial charge >= 0.3 is 11.9 Å². The Kier molecular flexibility index (Phi) is 4.06. The van der Waals surface area contributed by atoms with Crippen LogP contribution >= 0.6 is 11.6 Å². The van der Waals surface area contributed by atoms with E-state index in [9.17, 15) is 14.4 Å². The molecule has 0 N–H and O–H groups in total. The molecule has 4 saturated carbocycles. The van der Waals surface area contributed by atoms with Crippen LogP contribution in [0.3, 0.4) is 0 Å². The first kappa shape index (κ1) is 21.4. The highest BCUT2D eigenvalue weighted by molar-refractivity contribution is 6.30. The van der Waals surface area contributed by atoms with Crippen LogP contribution in [0.15, 0.2) is 11.6 Å². The van der Waals surface area contributed by atoms with E-state index in [0.717, 1.165) is 0 Å². The van der Waals surface area contributed by atoms with Crippen molar-refractivity contribution in [1.29, 1.82) is 0 Å². The first-order valence-corrected chi connectivity index (χ1v) is 11.3. The Hall–Kier alpha value is -1.50. The summed E-state index contributed by atoms with van der Waals surface area (Å²) in [6.07, 6.45) is 3.16. The summed E-state index contributed by atoms with van der Waals surface area (Å²) in [4.78, 5) is 34.8. The largest absolute Gasteiger partial charge is 0.462 e. The highest BCUT2D eigenvalue weighted by atomic mass is 35.5. The smallest absolute Gasteiger partial charge is 0.330 e. The fourth-order valence-electron chi connectivity index (χ4n) is 8.17. The standard InChI is InChI=1S/C23H27ClF2O5/c1-11(27)21(31-12(2)28)8-6-14-17-13(5-7-20(14,21)4)19(3)10-30-16(29)9-15(19)22(24)18(17)23(22,25)26/h9,13-14,17-18H,5-8,10H2,1-4H3/t13-,14-,17+,18-,19+,20-,21-,22-/m0/s1. The lowest BCUT2D eigenvalue weighted by atomic mass is 9.47. The lowest BCUT2D eigenvalue weighted by Gasteiger charge is -2.58. The monoisotopic (exact) mass is 456 g/mol. The average Bonchev–Trinajstić information content (AvgIpc) is 2.96. The number of fused-ring (bicyclic) bond motifs is 8. The van der Waals surface area contributed by atoms with Gasteiger partial charge < -0.3 is 9.47 Å². The number of carbonyl (C=O) groups is 3. The fourth-order valence-corrected chi connectivity index (χ4v) is 8.78. The summed E-state index contributed by atoms with van der Waals surface area (Å²) in [6, 6.07) is 0. The van der Waals surface area contributed by atoms with E-state index >= 15 is 8.78 Å². The van der Waals surface area contributed by atoms with Gasteiger partial charge in [0, 0.05) is 23.8 Å². The van der Waals surface area contributed by atoms with Crippen LogP contribution < -0.4 is 0 Å². The molecule has 5 aliphatic rings. The van der Waals surface area contributed by atoms with E-state index in [4.69, 9.17) is 21.1 Å². The molecule has 0 unspecified atom stereocenters. The van der Waals surface area contributed by atoms with Crippen LogP contribution in [0.2, 0.25) is 0 Å². The van der Waals surface area contributed by atoms with Gasteiger partial charge in [-0.2, -0.15) is 0 Å². The fraction of sp³-hybridized carbons (Fsp3) is 0.783. The number of cyclic esters (lactones) is 1. The predicted octanol–water partition coefficient (Wildman–Crippen LogP) is 4.07. The van der Waals surface area contributed by atoms with E-state index < -0.39 is 51.0 Å². The topological polar surface area (TPSA) is 69.7 Å². The Morgan fingerprint density at radius 1 is 1.16 bits per heavy atom. The van der Waals surface area contributed by atoms with Gasteiger partial charge in [0.1, 0.15) is 11.5 Å². The van der Waals surface area contributed by atoms with Gasteiger partial charge in [0.05, 0.1) is 5.92 Å². The summed E-state index contributed by atoms with van der Waals surface area (Å²) in [7, 11) is 0. The summed E-state index contributed by atoms with van der Waals surface area (Å²) in [5.41, 5.74) is -2.52. The Bertz CT molecular complexity index is 948. The molecular weight excluding hydrogens is 430 g/mol. The maximum Gasteiger partial charge on any atom is 0.330 e. The molecule has 4 aliphatic carbocycles. The Morgan fingerprint density at radius 3 is 2.42 bits per heavy atom. The first-order chi connectivity index (χ1) is 14.3. The van der Waals surface area contributed by atoms with E-state index in [-0.39, 0.29) is 24.2 Å². The maximum atomic E-state index is 15.4. The molecule has 8 heteroatoms. The lowest BCUT2D eigenvalue weighted by molar-refractivity contribution is -0.189. The minimum absolute atomic E-state index is 0.0291. The number of esters is 2. The SMILES string of the molecule is CC(=O)O[C@]1(C(C)=O)CC[C@H]2[C@@H]3[C@@H]4C(F)(F)[C@]4(Cl)C4=CC(=O)OC[C@]4(C)[C@H]3CC[C@@]21C. The zero-order valence-corrected chi connectivity index (χ0v) is 18.9. The zero-order chi connectivity index (χ0) is 22.8. The van der Waals surface area contributed by atoms with E-state index in [2.05, 4.69) is 0 Å². The molecule has 0 amide bonds. The number of ketones is 1. The molecule has 1 heterocycles. The molecule has 0 aromatic rings. The number of ether oxygens (including phenoxy) is 2. The molecule has 0 aromatic carbocycles. The van der Waals surface area contributed by atoms with E-state index in [0.29, 0.717) is 31.3 Å². The first-order valence-electron chi connectivity index (χ1n) is 10.9. The molecule has 5 nitrogen and oxygen atoms in total. The van der Waals surface area contributed by atoms with Crippen LogP contribution in [0.1, 0.15) is 53.4 Å². The normalized spacial score (nSPS) is 51.3. The van der Waals surface area contributed by atoms with Crippen LogP contribution in [0.4, 0.5) is 8.78 Å². The van der Waals surface area contributed by atoms with Crippen molar-refractivity contribution in [2.75, 3.05) is 6.61 Å². The molecule has 0 spiro atoms. The van der Waals surface area contributed by atoms with Crippen molar-refractivity contribution in [2.24, 2.45) is 34.5 Å². The third-order valence-electron chi connectivity index (χ3n) is 9.55. The molecule has 4 fully saturated rings. The van der Waals surface area contributed by atoms with Crippen LogP contribution in [0.25, 0.3) is 0 Å². The van der Waals surface area contributed by atoms with Gasteiger partial charge in [0.25, 0.3) is 5.92 Å². The number of alkyl halides is 3. The second kappa shape index (κ2) is 5.89. The van der Waals surface area contributed by atoms with Gasteiger partial charge in [0.15, 0.2) is 11.4 Å². The molecule has 0 radical (unpaired) electrons. The number of hydrogen-bond acceptors (Lipinski definition) is 5. The van der Waals surface area contributed by atoms with Crippen LogP contribution in [0.5, 0.6) is 0 Å². The van der Waals surface area contributed by atoms with Crippen molar-refractivity contribution in [3.63, 3.8) is 0 Å². The molecule has 5 rings (SSSR count). The number of rotatable bonds is 2. The molecule has 0 saturated heterocycles. The van der Waals surface area contributed by atoms with Crippen LogP contribution in [-0.4, -0.2) is 40.7 Å². The Morgan fingerprint density at radius 2 is 1.81 bits per heavy atom. The van der Waals surface area contributed by atoms with Crippen molar-refractivity contribution in [1.82, 2.24) is 0 Å². The van der Waals surface area contributed by atoms with Gasteiger partial charge in [0.2, 0.25) is 0 Å². The molecule has 31 heavy (non-hydrogen) atoms. The highest BCUT2D eigenvalue weighted by Gasteiger charge is 2.90. The minimum atomic E-state index is -3.15. The predicted molar refractivity (Wildman–Crippen MR) is 106 cm³/mol. The van der Waals surface area contributed by atoms with Gasteiger partial charge in [-0.15, -0.1) is 11.6 Å². The summed E-state index contributed by atoms with van der Waals surface area (Å²) < 4.78 is 41.8. The summed E-state index contributed by atoms with van der Waals surface area (Å²) in [6.45, 7) is 6.52. The second-order valence-corrected chi connectivity index (χ2v) is 11.3. The van der Waals surface area contributed by atoms with Gasteiger partial charge in [-0.3, -0.25) is 9.59 Å². The Labute approximate surface area is 184 Å². The van der Waals surface area contributed by atoms with Crippen molar-refractivity contribution in [3.05, 3.63) is 11.6 Å². The third-order valence-corrected chi connectivity index (χ3v) is 10.2. The lowest BCUT2D eigenvalue weighted by Crippen LogP contribution is -2.60. The molecule has 0 bridgehead atoms. The van der Waals surface area contributed by atoms with E-state index in [1.807, 2.05) is 13.8 Å². The summed E-state index contributed by atoms with van der Waals surface area (Å²) in [5.74, 6) is -6.53. The molecule has 0 aromatic heterocycles. The number of halogens is 3.